The van der Waals surface area contributed by atoms with Gasteiger partial charge in [0.1, 0.15) is 11.4 Å². The van der Waals surface area contributed by atoms with Crippen molar-refractivity contribution in [2.75, 3.05) is 19.0 Å². The number of nitrogens with one attached hydrogen (secondary N) is 3. The summed E-state index contributed by atoms with van der Waals surface area (Å²) in [6.07, 6.45) is 4.47. The first-order valence-corrected chi connectivity index (χ1v) is 13.8. The van der Waals surface area contributed by atoms with E-state index in [1.54, 1.807) is 33.8 Å². The number of hydrogen-bond acceptors (Lipinski definition) is 8. The summed E-state index contributed by atoms with van der Waals surface area (Å²) in [6.45, 7) is 3.34. The number of benzene rings is 1. The standard InChI is InChI=1S/C28H31N9O5/c1-3-37-24-21(26(39)30-18-11-29-36(13-18)12-16-4-7-19(42-2)8-5-16)14-35(15-23(24)33-34-37)27(40)17-6-9-22-20(10-17)25(38)32-28(41)31-22/h4-5,7-8,11,13,17,21H,3,6,9-10,12,14-15H2,1-2H3,(H,30,39)(H2,31,32,38,41). The van der Waals surface area contributed by atoms with E-state index in [4.69, 9.17) is 4.74 Å². The summed E-state index contributed by atoms with van der Waals surface area (Å²) in [6, 6.07) is 7.66. The molecule has 1 aromatic carbocycles. The van der Waals surface area contributed by atoms with Gasteiger partial charge >= 0.3 is 5.69 Å². The second-order valence-corrected chi connectivity index (χ2v) is 10.6. The van der Waals surface area contributed by atoms with Crippen LogP contribution in [0.1, 0.15) is 47.5 Å². The van der Waals surface area contributed by atoms with Crippen LogP contribution in [0.5, 0.6) is 5.75 Å². The number of aromatic amines is 2. The Morgan fingerprint density at radius 2 is 1.98 bits per heavy atom. The lowest BCUT2D eigenvalue weighted by Crippen LogP contribution is -2.46. The number of fused-ring (bicyclic) bond motifs is 2. The number of amides is 2. The van der Waals surface area contributed by atoms with Gasteiger partial charge in [-0.1, -0.05) is 17.3 Å². The molecule has 1 aliphatic carbocycles. The Kier molecular flexibility index (Phi) is 7.19. The third kappa shape index (κ3) is 5.22. The van der Waals surface area contributed by atoms with Gasteiger partial charge in [-0.15, -0.1) is 5.10 Å². The number of carbonyl (C=O) groups is 2. The van der Waals surface area contributed by atoms with Crippen molar-refractivity contribution in [3.05, 3.63) is 85.7 Å². The third-order valence-electron chi connectivity index (χ3n) is 7.93. The van der Waals surface area contributed by atoms with E-state index >= 15 is 0 Å². The summed E-state index contributed by atoms with van der Waals surface area (Å²) in [4.78, 5) is 58.0. The van der Waals surface area contributed by atoms with E-state index in [1.807, 2.05) is 31.2 Å². The maximum absolute atomic E-state index is 13.7. The second-order valence-electron chi connectivity index (χ2n) is 10.6. The highest BCUT2D eigenvalue weighted by atomic mass is 16.5. The first-order chi connectivity index (χ1) is 20.3. The van der Waals surface area contributed by atoms with Crippen molar-refractivity contribution in [1.29, 1.82) is 0 Å². The molecular formula is C28H31N9O5. The average Bonchev–Trinajstić information content (AvgIpc) is 3.62. The molecule has 0 saturated heterocycles. The molecule has 42 heavy (non-hydrogen) atoms. The summed E-state index contributed by atoms with van der Waals surface area (Å²) in [5.74, 6) is -0.836. The van der Waals surface area contributed by atoms with Crippen molar-refractivity contribution in [1.82, 2.24) is 39.6 Å². The fourth-order valence-electron chi connectivity index (χ4n) is 5.80. The van der Waals surface area contributed by atoms with Crippen LogP contribution in [-0.2, 0) is 42.1 Å². The minimum atomic E-state index is -0.701. The molecule has 0 radical (unpaired) electrons. The van der Waals surface area contributed by atoms with Gasteiger partial charge in [0, 0.05) is 36.5 Å². The minimum Gasteiger partial charge on any atom is -0.497 e. The van der Waals surface area contributed by atoms with E-state index in [0.29, 0.717) is 54.3 Å². The van der Waals surface area contributed by atoms with E-state index in [2.05, 4.69) is 30.7 Å². The molecule has 0 fully saturated rings. The van der Waals surface area contributed by atoms with Crippen molar-refractivity contribution in [3.63, 3.8) is 0 Å². The molecule has 1 aliphatic heterocycles. The van der Waals surface area contributed by atoms with E-state index in [-0.39, 0.29) is 31.3 Å². The van der Waals surface area contributed by atoms with E-state index in [9.17, 15) is 19.2 Å². The molecule has 2 unspecified atom stereocenters. The molecule has 0 spiro atoms. The summed E-state index contributed by atoms with van der Waals surface area (Å²) in [5, 5.41) is 15.8. The molecule has 2 aliphatic rings. The number of carbonyl (C=O) groups excluding carboxylic acids is 2. The average molecular weight is 574 g/mol. The van der Waals surface area contributed by atoms with Crippen LogP contribution in [0.25, 0.3) is 0 Å². The number of rotatable bonds is 7. The van der Waals surface area contributed by atoms with Crippen molar-refractivity contribution in [2.45, 2.75) is 51.7 Å². The van der Waals surface area contributed by atoms with Crippen LogP contribution in [0, 0.1) is 5.92 Å². The molecule has 3 aromatic heterocycles. The quantitative estimate of drug-likeness (QED) is 0.291. The van der Waals surface area contributed by atoms with Crippen molar-refractivity contribution in [2.24, 2.45) is 5.92 Å². The molecule has 4 heterocycles. The van der Waals surface area contributed by atoms with Gasteiger partial charge in [0.05, 0.1) is 43.7 Å². The van der Waals surface area contributed by atoms with Crippen LogP contribution >= 0.6 is 0 Å². The van der Waals surface area contributed by atoms with Crippen LogP contribution in [0.2, 0.25) is 0 Å². The van der Waals surface area contributed by atoms with Crippen LogP contribution < -0.4 is 21.3 Å². The highest BCUT2D eigenvalue weighted by Crippen LogP contribution is 2.31. The normalized spacial score (nSPS) is 17.8. The number of H-pyrrole nitrogens is 2. The topological polar surface area (TPSA) is 173 Å². The summed E-state index contributed by atoms with van der Waals surface area (Å²) in [7, 11) is 1.62. The van der Waals surface area contributed by atoms with Crippen molar-refractivity contribution in [3.8, 4) is 5.75 Å². The zero-order chi connectivity index (χ0) is 29.4. The fraction of sp³-hybridized carbons (Fsp3) is 0.393. The largest absolute Gasteiger partial charge is 0.497 e. The maximum atomic E-state index is 13.7. The van der Waals surface area contributed by atoms with Gasteiger partial charge in [-0.3, -0.25) is 24.0 Å². The predicted molar refractivity (Wildman–Crippen MR) is 150 cm³/mol. The van der Waals surface area contributed by atoms with Gasteiger partial charge in [-0.05, 0) is 43.9 Å². The third-order valence-corrected chi connectivity index (χ3v) is 7.93. The van der Waals surface area contributed by atoms with E-state index in [0.717, 1.165) is 11.3 Å². The number of anilines is 1. The fourth-order valence-corrected chi connectivity index (χ4v) is 5.80. The summed E-state index contributed by atoms with van der Waals surface area (Å²) in [5.41, 5.74) is 2.80. The highest BCUT2D eigenvalue weighted by Gasteiger charge is 2.39. The lowest BCUT2D eigenvalue weighted by atomic mass is 9.85. The van der Waals surface area contributed by atoms with Gasteiger partial charge in [0.2, 0.25) is 11.8 Å². The van der Waals surface area contributed by atoms with Crippen LogP contribution in [0.3, 0.4) is 0 Å². The SMILES string of the molecule is CCn1nnc2c1C(C(=O)Nc1cnn(Cc3ccc(OC)cc3)c1)CN(C(=O)C1CCc3[nH]c(=O)[nH]c(=O)c3C1)C2. The van der Waals surface area contributed by atoms with Gasteiger partial charge in [-0.25, -0.2) is 9.48 Å². The van der Waals surface area contributed by atoms with Crippen molar-refractivity contribution >= 4 is 17.5 Å². The monoisotopic (exact) mass is 573 g/mol. The molecule has 3 N–H and O–H groups in total. The number of methoxy groups -OCH3 is 1. The Morgan fingerprint density at radius 3 is 2.74 bits per heavy atom. The molecule has 0 bridgehead atoms. The minimum absolute atomic E-state index is 0.149. The number of aryl methyl sites for hydroxylation is 2. The van der Waals surface area contributed by atoms with Crippen LogP contribution in [0.4, 0.5) is 5.69 Å². The lowest BCUT2D eigenvalue weighted by Gasteiger charge is -2.35. The summed E-state index contributed by atoms with van der Waals surface area (Å²) >= 11 is 0. The van der Waals surface area contributed by atoms with Gasteiger partial charge in [0.15, 0.2) is 0 Å². The molecule has 2 atom stereocenters. The van der Waals surface area contributed by atoms with Gasteiger partial charge < -0.3 is 19.9 Å². The molecule has 14 nitrogen and oxygen atoms in total. The van der Waals surface area contributed by atoms with Gasteiger partial charge in [-0.2, -0.15) is 5.10 Å². The number of nitrogens with zero attached hydrogens (tertiary/aromatic N) is 6. The lowest BCUT2D eigenvalue weighted by molar-refractivity contribution is -0.138. The van der Waals surface area contributed by atoms with E-state index in [1.165, 1.54) is 0 Å². The Bertz CT molecular complexity index is 1750. The predicted octanol–water partition coefficient (Wildman–Crippen LogP) is 0.798. The Labute approximate surface area is 239 Å². The summed E-state index contributed by atoms with van der Waals surface area (Å²) < 4.78 is 8.63. The zero-order valence-electron chi connectivity index (χ0n) is 23.3. The number of hydrogen-bond donors (Lipinski definition) is 3. The van der Waals surface area contributed by atoms with Gasteiger partial charge in [0.25, 0.3) is 5.56 Å². The molecule has 0 saturated carbocycles. The smallest absolute Gasteiger partial charge is 0.325 e. The van der Waals surface area contributed by atoms with Crippen molar-refractivity contribution < 1.29 is 14.3 Å². The molecule has 218 valence electrons. The molecule has 6 rings (SSSR count). The first kappa shape index (κ1) is 27.2. The van der Waals surface area contributed by atoms with Crippen LogP contribution in [0.15, 0.2) is 46.2 Å². The highest BCUT2D eigenvalue weighted by molar-refractivity contribution is 5.96. The van der Waals surface area contributed by atoms with E-state index < -0.39 is 23.1 Å². The number of ether oxygens (including phenoxy) is 1. The Morgan fingerprint density at radius 1 is 1.17 bits per heavy atom. The zero-order valence-corrected chi connectivity index (χ0v) is 23.3. The first-order valence-electron chi connectivity index (χ1n) is 13.8. The molecule has 14 heteroatoms. The Balaban J connectivity index is 1.19. The maximum Gasteiger partial charge on any atom is 0.325 e. The molecule has 2 amide bonds. The second kappa shape index (κ2) is 11.1. The Hall–Kier alpha value is -5.01. The molecule has 4 aromatic rings. The molecular weight excluding hydrogens is 542 g/mol. The number of aromatic nitrogens is 7. The van der Waals surface area contributed by atoms with Crippen LogP contribution in [-0.4, -0.2) is 65.1 Å².